The predicted molar refractivity (Wildman–Crippen MR) is 139 cm³/mol. The predicted octanol–water partition coefficient (Wildman–Crippen LogP) is 6.02. The molecule has 0 fully saturated rings. The largest absolute Gasteiger partial charge is 0.348 e. The minimum atomic E-state index is -3.98. The normalized spacial score (nSPS) is 12.8. The number of carbonyl (C=O) groups excluding carboxylic acids is 1. The number of hydrogen-bond donors (Lipinski definition) is 1. The van der Waals surface area contributed by atoms with E-state index in [9.17, 15) is 13.2 Å². The van der Waals surface area contributed by atoms with E-state index < -0.39 is 15.9 Å². The fourth-order valence-electron chi connectivity index (χ4n) is 3.69. The number of sulfonamides is 1. The highest BCUT2D eigenvalue weighted by Gasteiger charge is 2.28. The van der Waals surface area contributed by atoms with E-state index in [1.165, 1.54) is 17.7 Å². The summed E-state index contributed by atoms with van der Waals surface area (Å²) in [5, 5.41) is 3.43. The first-order valence-corrected chi connectivity index (χ1v) is 12.9. The summed E-state index contributed by atoms with van der Waals surface area (Å²) in [5.41, 5.74) is 3.25. The van der Waals surface area contributed by atoms with Gasteiger partial charge in [0.05, 0.1) is 16.6 Å². The first-order chi connectivity index (χ1) is 15.9. The zero-order valence-electron chi connectivity index (χ0n) is 20.2. The second kappa shape index (κ2) is 10.2. The van der Waals surface area contributed by atoms with Gasteiger partial charge in [0, 0.05) is 5.02 Å². The molecule has 0 heterocycles. The van der Waals surface area contributed by atoms with Crippen LogP contribution in [0.15, 0.2) is 77.7 Å². The zero-order chi connectivity index (χ0) is 25.1. The standard InChI is InChI=1S/C27H31ClN2O3S/c1-19-17-23(28)15-16-25(19)30(34(32,33)24-9-7-6-8-10-24)18-26(31)29-20(2)21-11-13-22(14-12-21)27(3,4)5/h6-17,20H,18H2,1-5H3,(H,29,31). The lowest BCUT2D eigenvalue weighted by Crippen LogP contribution is -2.41. The Bertz CT molecular complexity index is 1250. The molecule has 34 heavy (non-hydrogen) atoms. The van der Waals surface area contributed by atoms with Crippen molar-refractivity contribution in [3.05, 3.63) is 94.5 Å². The van der Waals surface area contributed by atoms with Gasteiger partial charge in [-0.05, 0) is 66.3 Å². The second-order valence-corrected chi connectivity index (χ2v) is 11.7. The van der Waals surface area contributed by atoms with Crippen LogP contribution >= 0.6 is 11.6 Å². The van der Waals surface area contributed by atoms with E-state index in [2.05, 4.69) is 38.2 Å². The molecule has 7 heteroatoms. The number of anilines is 1. The summed E-state index contributed by atoms with van der Waals surface area (Å²) >= 11 is 6.09. The number of nitrogens with zero attached hydrogens (tertiary/aromatic N) is 1. The molecule has 180 valence electrons. The van der Waals surface area contributed by atoms with Gasteiger partial charge in [-0.2, -0.15) is 0 Å². The molecular formula is C27H31ClN2O3S. The molecule has 0 spiro atoms. The van der Waals surface area contributed by atoms with Gasteiger partial charge in [0.15, 0.2) is 0 Å². The minimum absolute atomic E-state index is 0.0355. The Balaban J connectivity index is 1.87. The van der Waals surface area contributed by atoms with Gasteiger partial charge in [-0.25, -0.2) is 8.42 Å². The Labute approximate surface area is 207 Å². The minimum Gasteiger partial charge on any atom is -0.348 e. The molecule has 0 aliphatic carbocycles. The van der Waals surface area contributed by atoms with E-state index in [0.717, 1.165) is 9.87 Å². The Morgan fingerprint density at radius 1 is 1.00 bits per heavy atom. The van der Waals surface area contributed by atoms with E-state index in [4.69, 9.17) is 11.6 Å². The van der Waals surface area contributed by atoms with E-state index in [1.807, 2.05) is 19.1 Å². The average molecular weight is 499 g/mol. The zero-order valence-corrected chi connectivity index (χ0v) is 21.7. The highest BCUT2D eigenvalue weighted by molar-refractivity contribution is 7.92. The van der Waals surface area contributed by atoms with Crippen molar-refractivity contribution >= 4 is 33.2 Å². The fraction of sp³-hybridized carbons (Fsp3) is 0.296. The molecule has 1 atom stereocenters. The van der Waals surface area contributed by atoms with Gasteiger partial charge in [0.1, 0.15) is 6.54 Å². The molecule has 3 aromatic rings. The summed E-state index contributed by atoms with van der Waals surface area (Å²) in [5.74, 6) is -0.402. The van der Waals surface area contributed by atoms with Crippen molar-refractivity contribution in [2.75, 3.05) is 10.8 Å². The number of hydrogen-bond acceptors (Lipinski definition) is 3. The average Bonchev–Trinajstić information content (AvgIpc) is 2.78. The lowest BCUT2D eigenvalue weighted by atomic mass is 9.86. The van der Waals surface area contributed by atoms with Crippen LogP contribution in [0.5, 0.6) is 0 Å². The number of aryl methyl sites for hydroxylation is 1. The van der Waals surface area contributed by atoms with Crippen LogP contribution in [0.2, 0.25) is 5.02 Å². The first kappa shape index (κ1) is 25.8. The Morgan fingerprint density at radius 3 is 2.18 bits per heavy atom. The Morgan fingerprint density at radius 2 is 1.62 bits per heavy atom. The molecule has 0 aromatic heterocycles. The van der Waals surface area contributed by atoms with Crippen LogP contribution in [0, 0.1) is 6.92 Å². The molecule has 0 radical (unpaired) electrons. The van der Waals surface area contributed by atoms with Crippen molar-refractivity contribution in [2.45, 2.75) is 51.0 Å². The van der Waals surface area contributed by atoms with Crippen LogP contribution in [0.1, 0.15) is 50.4 Å². The third-order valence-corrected chi connectivity index (χ3v) is 7.71. The Hall–Kier alpha value is -2.83. The number of carbonyl (C=O) groups is 1. The third kappa shape index (κ3) is 5.99. The lowest BCUT2D eigenvalue weighted by Gasteiger charge is -2.26. The molecule has 1 unspecified atom stereocenters. The van der Waals surface area contributed by atoms with Crippen LogP contribution < -0.4 is 9.62 Å². The molecule has 3 rings (SSSR count). The number of benzene rings is 3. The summed E-state index contributed by atoms with van der Waals surface area (Å²) in [4.78, 5) is 13.2. The van der Waals surface area contributed by atoms with Gasteiger partial charge < -0.3 is 5.32 Å². The highest BCUT2D eigenvalue weighted by Crippen LogP contribution is 2.29. The maximum atomic E-state index is 13.5. The number of nitrogens with one attached hydrogen (secondary N) is 1. The van der Waals surface area contributed by atoms with Crippen molar-refractivity contribution < 1.29 is 13.2 Å². The number of halogens is 1. The molecule has 3 aromatic carbocycles. The third-order valence-electron chi connectivity index (χ3n) is 5.70. The second-order valence-electron chi connectivity index (χ2n) is 9.42. The molecule has 0 aliphatic heterocycles. The molecule has 0 saturated carbocycles. The van der Waals surface area contributed by atoms with Gasteiger partial charge >= 0.3 is 0 Å². The smallest absolute Gasteiger partial charge is 0.264 e. The van der Waals surface area contributed by atoms with Gasteiger partial charge in [-0.15, -0.1) is 0 Å². The molecule has 5 nitrogen and oxygen atoms in total. The van der Waals surface area contributed by atoms with Crippen molar-refractivity contribution in [1.82, 2.24) is 5.32 Å². The topological polar surface area (TPSA) is 66.5 Å². The maximum Gasteiger partial charge on any atom is 0.264 e. The Kier molecular flexibility index (Phi) is 7.74. The van der Waals surface area contributed by atoms with Crippen LogP contribution in [-0.4, -0.2) is 20.9 Å². The maximum absolute atomic E-state index is 13.5. The summed E-state index contributed by atoms with van der Waals surface area (Å²) in [7, 11) is -3.98. The summed E-state index contributed by atoms with van der Waals surface area (Å²) in [6, 6.07) is 20.8. The molecule has 1 N–H and O–H groups in total. The molecule has 1 amide bonds. The molecule has 0 bridgehead atoms. The van der Waals surface area contributed by atoms with Crippen LogP contribution in [0.4, 0.5) is 5.69 Å². The van der Waals surface area contributed by atoms with Crippen molar-refractivity contribution in [2.24, 2.45) is 0 Å². The van der Waals surface area contributed by atoms with Crippen LogP contribution in [0.25, 0.3) is 0 Å². The summed E-state index contributed by atoms with van der Waals surface area (Å²) in [6.45, 7) is 9.74. The first-order valence-electron chi connectivity index (χ1n) is 11.1. The van der Waals surface area contributed by atoms with Gasteiger partial charge in [-0.3, -0.25) is 9.10 Å². The van der Waals surface area contributed by atoms with Crippen molar-refractivity contribution in [3.8, 4) is 0 Å². The van der Waals surface area contributed by atoms with Crippen LogP contribution in [0.3, 0.4) is 0 Å². The highest BCUT2D eigenvalue weighted by atomic mass is 35.5. The fourth-order valence-corrected chi connectivity index (χ4v) is 5.42. The number of amides is 1. The SMILES string of the molecule is Cc1cc(Cl)ccc1N(CC(=O)NC(C)c1ccc(C(C)(C)C)cc1)S(=O)(=O)c1ccccc1. The monoisotopic (exact) mass is 498 g/mol. The van der Waals surface area contributed by atoms with Gasteiger partial charge in [-0.1, -0.05) is 74.8 Å². The van der Waals surface area contributed by atoms with Crippen LogP contribution in [-0.2, 0) is 20.2 Å². The summed E-state index contributed by atoms with van der Waals surface area (Å²) < 4.78 is 28.1. The van der Waals surface area contributed by atoms with Gasteiger partial charge in [0.25, 0.3) is 10.0 Å². The molecular weight excluding hydrogens is 468 g/mol. The van der Waals surface area contributed by atoms with Gasteiger partial charge in [0.2, 0.25) is 5.91 Å². The lowest BCUT2D eigenvalue weighted by molar-refractivity contribution is -0.120. The van der Waals surface area contributed by atoms with Crippen molar-refractivity contribution in [1.29, 1.82) is 0 Å². The van der Waals surface area contributed by atoms with E-state index in [-0.39, 0.29) is 22.9 Å². The summed E-state index contributed by atoms with van der Waals surface area (Å²) in [6.07, 6.45) is 0. The van der Waals surface area contributed by atoms with E-state index in [0.29, 0.717) is 16.3 Å². The van der Waals surface area contributed by atoms with Crippen molar-refractivity contribution in [3.63, 3.8) is 0 Å². The molecule has 0 saturated heterocycles. The molecule has 0 aliphatic rings. The number of rotatable bonds is 7. The quantitative estimate of drug-likeness (QED) is 0.433. The van der Waals surface area contributed by atoms with E-state index in [1.54, 1.807) is 43.3 Å². The van der Waals surface area contributed by atoms with E-state index >= 15 is 0 Å².